The minimum absolute atomic E-state index is 0.785. The fourth-order valence-corrected chi connectivity index (χ4v) is 7.74. The molecule has 8 aromatic carbocycles. The molecule has 0 N–H and O–H groups in total. The molecule has 3 heterocycles. The van der Waals surface area contributed by atoms with Gasteiger partial charge in [0, 0.05) is 27.2 Å². The van der Waals surface area contributed by atoms with E-state index in [4.69, 9.17) is 13.3 Å². The Morgan fingerprint density at radius 3 is 1.76 bits per heavy atom. The Morgan fingerprint density at radius 1 is 0.340 bits per heavy atom. The summed E-state index contributed by atoms with van der Waals surface area (Å²) >= 11 is 0. The van der Waals surface area contributed by atoms with Crippen molar-refractivity contribution < 1.29 is 13.3 Å². The summed E-state index contributed by atoms with van der Waals surface area (Å²) in [7, 11) is 0. The second kappa shape index (κ2) is 10.4. The first kappa shape index (κ1) is 27.2. The van der Waals surface area contributed by atoms with Crippen molar-refractivity contribution in [3.05, 3.63) is 164 Å². The Kier molecular flexibility index (Phi) is 5.63. The molecule has 0 saturated carbocycles. The zero-order chi connectivity index (χ0) is 32.8. The van der Waals surface area contributed by atoms with Gasteiger partial charge in [0.05, 0.1) is 22.1 Å². The molecule has 4 heteroatoms. The number of benzene rings is 8. The summed E-state index contributed by atoms with van der Waals surface area (Å²) in [5, 5.41) is 8.71. The zero-order valence-corrected chi connectivity index (χ0v) is 26.8. The maximum Gasteiger partial charge on any atom is 0.159 e. The van der Waals surface area contributed by atoms with E-state index in [0.717, 1.165) is 88.4 Å². The molecule has 234 valence electrons. The van der Waals surface area contributed by atoms with Crippen LogP contribution in [0.25, 0.3) is 87.7 Å². The van der Waals surface area contributed by atoms with E-state index >= 15 is 0 Å². The first-order valence-corrected chi connectivity index (χ1v) is 16.8. The molecule has 0 amide bonds. The van der Waals surface area contributed by atoms with E-state index in [1.807, 2.05) is 30.3 Å². The van der Waals surface area contributed by atoms with Crippen LogP contribution in [-0.4, -0.2) is 0 Å². The smallest absolute Gasteiger partial charge is 0.159 e. The minimum atomic E-state index is 0.785. The van der Waals surface area contributed by atoms with Crippen molar-refractivity contribution in [2.75, 3.05) is 4.90 Å². The van der Waals surface area contributed by atoms with Crippen LogP contribution < -0.4 is 4.90 Å². The van der Waals surface area contributed by atoms with Gasteiger partial charge in [-0.25, -0.2) is 0 Å². The van der Waals surface area contributed by atoms with Gasteiger partial charge < -0.3 is 18.2 Å². The fourth-order valence-electron chi connectivity index (χ4n) is 7.74. The third-order valence-electron chi connectivity index (χ3n) is 10.1. The van der Waals surface area contributed by atoms with Crippen molar-refractivity contribution in [1.82, 2.24) is 0 Å². The quantitative estimate of drug-likeness (QED) is 0.192. The second-order valence-electron chi connectivity index (χ2n) is 12.9. The minimum Gasteiger partial charge on any atom is -0.456 e. The van der Waals surface area contributed by atoms with E-state index in [-0.39, 0.29) is 0 Å². The number of nitrogens with zero attached hydrogens (tertiary/aromatic N) is 1. The van der Waals surface area contributed by atoms with Crippen molar-refractivity contribution in [1.29, 1.82) is 0 Å². The van der Waals surface area contributed by atoms with E-state index in [1.54, 1.807) is 0 Å². The first-order chi connectivity index (χ1) is 24.8. The highest BCUT2D eigenvalue weighted by Gasteiger charge is 2.25. The SMILES string of the molecule is c1ccc2cc(-c3ccc(N(c4cccc5c4oc4ccccc45)c4cccc5oc6ccc7c8ccccc8oc7c6c45)cc3)ccc2c1. The largest absolute Gasteiger partial charge is 0.456 e. The molecule has 50 heavy (non-hydrogen) atoms. The number of hydrogen-bond donors (Lipinski definition) is 0. The summed E-state index contributed by atoms with van der Waals surface area (Å²) in [6.45, 7) is 0. The van der Waals surface area contributed by atoms with Crippen LogP contribution in [0.3, 0.4) is 0 Å². The van der Waals surface area contributed by atoms with Crippen LogP contribution >= 0.6 is 0 Å². The third-order valence-corrected chi connectivity index (χ3v) is 10.1. The molecule has 0 radical (unpaired) electrons. The van der Waals surface area contributed by atoms with Crippen molar-refractivity contribution in [2.24, 2.45) is 0 Å². The van der Waals surface area contributed by atoms with Crippen LogP contribution in [0.2, 0.25) is 0 Å². The lowest BCUT2D eigenvalue weighted by molar-refractivity contribution is 0.662. The molecule has 0 bridgehead atoms. The molecule has 0 atom stereocenters. The Labute approximate surface area is 286 Å². The first-order valence-electron chi connectivity index (χ1n) is 16.8. The second-order valence-corrected chi connectivity index (χ2v) is 12.9. The number of anilines is 3. The molecule has 4 nitrogen and oxygen atoms in total. The third kappa shape index (κ3) is 3.93. The maximum absolute atomic E-state index is 6.65. The monoisotopic (exact) mass is 641 g/mol. The van der Waals surface area contributed by atoms with Crippen molar-refractivity contribution in [3.8, 4) is 11.1 Å². The number of rotatable bonds is 4. The lowest BCUT2D eigenvalue weighted by Crippen LogP contribution is -2.10. The molecule has 0 spiro atoms. The number of hydrogen-bond acceptors (Lipinski definition) is 4. The van der Waals surface area contributed by atoms with Gasteiger partial charge in [0.15, 0.2) is 5.58 Å². The normalized spacial score (nSPS) is 12.0. The van der Waals surface area contributed by atoms with Gasteiger partial charge >= 0.3 is 0 Å². The van der Waals surface area contributed by atoms with Crippen LogP contribution in [0.1, 0.15) is 0 Å². The topological polar surface area (TPSA) is 42.7 Å². The maximum atomic E-state index is 6.65. The molecule has 0 aliphatic heterocycles. The van der Waals surface area contributed by atoms with Crippen molar-refractivity contribution in [3.63, 3.8) is 0 Å². The van der Waals surface area contributed by atoms with E-state index in [2.05, 4.69) is 138 Å². The molecule has 0 saturated heterocycles. The summed E-state index contributed by atoms with van der Waals surface area (Å²) in [5.74, 6) is 0. The Bertz CT molecular complexity index is 3110. The van der Waals surface area contributed by atoms with Crippen LogP contribution in [0.4, 0.5) is 17.1 Å². The van der Waals surface area contributed by atoms with Crippen LogP contribution in [-0.2, 0) is 0 Å². The van der Waals surface area contributed by atoms with Crippen LogP contribution in [0.5, 0.6) is 0 Å². The van der Waals surface area contributed by atoms with Gasteiger partial charge in [-0.2, -0.15) is 0 Å². The average molecular weight is 642 g/mol. The summed E-state index contributed by atoms with van der Waals surface area (Å²) in [4.78, 5) is 2.30. The van der Waals surface area contributed by atoms with Gasteiger partial charge in [-0.3, -0.25) is 0 Å². The van der Waals surface area contributed by atoms with E-state index in [9.17, 15) is 0 Å². The molecular weight excluding hydrogens is 615 g/mol. The molecule has 0 unspecified atom stereocenters. The van der Waals surface area contributed by atoms with Crippen LogP contribution in [0, 0.1) is 0 Å². The molecular formula is C46H27NO3. The van der Waals surface area contributed by atoms with Gasteiger partial charge in [-0.1, -0.05) is 103 Å². The summed E-state index contributed by atoms with van der Waals surface area (Å²) in [6, 6.07) is 57.2. The van der Waals surface area contributed by atoms with E-state index in [1.165, 1.54) is 16.3 Å². The molecule has 0 aliphatic rings. The van der Waals surface area contributed by atoms with Gasteiger partial charge in [0.1, 0.15) is 27.9 Å². The summed E-state index contributed by atoms with van der Waals surface area (Å²) < 4.78 is 19.8. The Balaban J connectivity index is 1.19. The summed E-state index contributed by atoms with van der Waals surface area (Å²) in [5.41, 5.74) is 10.2. The standard InChI is InChI=1S/C46H27NO3/c1-2-10-30-27-31(20-19-28(30)9-1)29-21-23-32(24-22-29)47(38-15-7-13-35-33-11-3-5-16-39(33)49-45(35)38)37-14-8-18-41-43(37)44-42(48-41)26-25-36-34-12-4-6-17-40(34)50-46(36)44/h1-27H. The highest BCUT2D eigenvalue weighted by atomic mass is 16.3. The number of fused-ring (bicyclic) bond motifs is 11. The predicted octanol–water partition coefficient (Wildman–Crippen LogP) is 13.7. The van der Waals surface area contributed by atoms with Crippen molar-refractivity contribution >= 4 is 93.7 Å². The van der Waals surface area contributed by atoms with Gasteiger partial charge in [-0.15, -0.1) is 0 Å². The number of furan rings is 3. The average Bonchev–Trinajstić information content (AvgIpc) is 3.87. The molecule has 11 rings (SSSR count). The van der Waals surface area contributed by atoms with Gasteiger partial charge in [-0.05, 0) is 82.6 Å². The van der Waals surface area contributed by atoms with Crippen LogP contribution in [0.15, 0.2) is 177 Å². The Morgan fingerprint density at radius 2 is 0.940 bits per heavy atom. The van der Waals surface area contributed by atoms with Gasteiger partial charge in [0.2, 0.25) is 0 Å². The van der Waals surface area contributed by atoms with Gasteiger partial charge in [0.25, 0.3) is 0 Å². The highest BCUT2D eigenvalue weighted by molar-refractivity contribution is 6.25. The van der Waals surface area contributed by atoms with E-state index in [0.29, 0.717) is 0 Å². The number of para-hydroxylation sites is 3. The molecule has 3 aromatic heterocycles. The lowest BCUT2D eigenvalue weighted by Gasteiger charge is -2.26. The predicted molar refractivity (Wildman–Crippen MR) is 206 cm³/mol. The molecule has 0 fully saturated rings. The fraction of sp³-hybridized carbons (Fsp3) is 0. The highest BCUT2D eigenvalue weighted by Crippen LogP contribution is 2.48. The van der Waals surface area contributed by atoms with Crippen molar-refractivity contribution in [2.45, 2.75) is 0 Å². The molecule has 0 aliphatic carbocycles. The summed E-state index contributed by atoms with van der Waals surface area (Å²) in [6.07, 6.45) is 0. The lowest BCUT2D eigenvalue weighted by atomic mass is 10.0. The van der Waals surface area contributed by atoms with E-state index < -0.39 is 0 Å². The zero-order valence-electron chi connectivity index (χ0n) is 26.8. The molecule has 11 aromatic rings. The Hall–Kier alpha value is -6.78.